The average molecular weight is 828 g/mol. The Morgan fingerprint density at radius 2 is 1.58 bits per heavy atom. The number of aromatic nitrogens is 2. The van der Waals surface area contributed by atoms with Gasteiger partial charge in [-0.1, -0.05) is 125 Å². The minimum Gasteiger partial charge on any atom is -0.500 e. The molecule has 1 radical (unpaired) electrons. The van der Waals surface area contributed by atoms with Crippen LogP contribution in [0.4, 0.5) is 0 Å². The Bertz CT molecular complexity index is 2270. The number of rotatable bonds is 5. The number of fused-ring (bicyclic) bond motifs is 3. The van der Waals surface area contributed by atoms with Gasteiger partial charge in [-0.3, -0.25) is 0 Å². The molecule has 0 aliphatic heterocycles. The number of para-hydroxylation sites is 1. The Morgan fingerprint density at radius 3 is 2.25 bits per heavy atom. The molecule has 7 rings (SSSR count). The van der Waals surface area contributed by atoms with Crippen LogP contribution in [-0.4, -0.2) is 18.0 Å². The van der Waals surface area contributed by atoms with E-state index in [9.17, 15) is 0 Å². The van der Waals surface area contributed by atoms with Gasteiger partial charge in [0.1, 0.15) is 5.58 Å². The molecule has 5 heteroatoms. The summed E-state index contributed by atoms with van der Waals surface area (Å²) in [5, 5.41) is 3.34. The van der Waals surface area contributed by atoms with Crippen LogP contribution < -0.4 is 5.19 Å². The molecule has 3 aromatic heterocycles. The summed E-state index contributed by atoms with van der Waals surface area (Å²) in [5.74, 6) is 0. The van der Waals surface area contributed by atoms with E-state index in [2.05, 4.69) is 72.1 Å². The van der Waals surface area contributed by atoms with E-state index in [1.807, 2.05) is 75.5 Å². The van der Waals surface area contributed by atoms with Gasteiger partial charge in [0.2, 0.25) is 0 Å². The van der Waals surface area contributed by atoms with Gasteiger partial charge < -0.3 is 14.4 Å². The van der Waals surface area contributed by atoms with Crippen molar-refractivity contribution in [3.63, 3.8) is 0 Å². The van der Waals surface area contributed by atoms with E-state index in [0.29, 0.717) is 16.8 Å². The molecule has 0 N–H and O–H groups in total. The van der Waals surface area contributed by atoms with Gasteiger partial charge in [0.15, 0.2) is 0 Å². The topological polar surface area (TPSA) is 38.9 Å². The molecule has 4 aromatic carbocycles. The fourth-order valence-corrected chi connectivity index (χ4v) is 6.44. The molecule has 3 heterocycles. The van der Waals surface area contributed by atoms with Gasteiger partial charge in [0, 0.05) is 50.3 Å². The fraction of sp³-hybridized carbons (Fsp3) is 0.209. The number of aryl methyl sites for hydroxylation is 1. The maximum Gasteiger partial charge on any atom is 0.128 e. The molecule has 0 unspecified atom stereocenters. The van der Waals surface area contributed by atoms with Crippen LogP contribution in [0.2, 0.25) is 19.6 Å². The van der Waals surface area contributed by atoms with E-state index < -0.39 is 26.7 Å². The molecule has 48 heavy (non-hydrogen) atoms. The molecule has 0 atom stereocenters. The molecule has 0 spiro atoms. The zero-order valence-corrected chi connectivity index (χ0v) is 31.5. The zero-order chi connectivity index (χ0) is 37.5. The van der Waals surface area contributed by atoms with Crippen molar-refractivity contribution < 1.29 is 31.4 Å². The largest absolute Gasteiger partial charge is 0.500 e. The second kappa shape index (κ2) is 14.5. The van der Waals surface area contributed by atoms with Crippen molar-refractivity contribution in [2.75, 3.05) is 0 Å². The first-order chi connectivity index (χ1) is 24.4. The average Bonchev–Trinajstić information content (AvgIpc) is 3.49. The summed E-state index contributed by atoms with van der Waals surface area (Å²) < 4.78 is 45.5. The third-order valence-corrected chi connectivity index (χ3v) is 9.82. The Morgan fingerprint density at radius 1 is 0.792 bits per heavy atom. The number of nitrogens with zero attached hydrogens (tertiary/aromatic N) is 2. The third-order valence-electron chi connectivity index (χ3n) is 7.79. The number of hydrogen-bond donors (Lipinski definition) is 0. The van der Waals surface area contributed by atoms with Crippen LogP contribution >= 0.6 is 0 Å². The molecule has 7 aromatic rings. The molecule has 0 aliphatic carbocycles. The summed E-state index contributed by atoms with van der Waals surface area (Å²) in [7, 11) is -1.34. The number of hydrogen-bond acceptors (Lipinski definition) is 3. The van der Waals surface area contributed by atoms with Gasteiger partial charge in [-0.2, -0.15) is 0 Å². The summed E-state index contributed by atoms with van der Waals surface area (Å²) in [4.78, 5) is 8.98. The number of pyridine rings is 2. The molecule has 0 aliphatic rings. The predicted octanol–water partition coefficient (Wildman–Crippen LogP) is 11.1. The van der Waals surface area contributed by atoms with Crippen LogP contribution in [-0.2, 0) is 26.5 Å². The van der Waals surface area contributed by atoms with Gasteiger partial charge in [0.25, 0.3) is 0 Å². The SMILES string of the molecule is [2H]C([2H])([2H])c1c[c-]c(-c2ccc([Si](C)(C)C)cn2)cc1.[2H]C([2H])(c1ccnc(-c2[c-]cc3oc4c(-c5ccccc5)cccc4c3c2)c1)C(C)(C)C.[Ir]. The first-order valence-corrected chi connectivity index (χ1v) is 19.3. The van der Waals surface area contributed by atoms with Crippen molar-refractivity contribution in [2.24, 2.45) is 5.41 Å². The van der Waals surface area contributed by atoms with E-state index >= 15 is 0 Å². The summed E-state index contributed by atoms with van der Waals surface area (Å²) in [5.41, 5.74) is 7.34. The second-order valence-corrected chi connectivity index (χ2v) is 18.8. The van der Waals surface area contributed by atoms with Crippen molar-refractivity contribution in [2.45, 2.75) is 53.6 Å². The first kappa shape index (κ1) is 28.8. The Balaban J connectivity index is 0.000000223. The molecular formula is C43H42IrN2OSi-2. The van der Waals surface area contributed by atoms with Gasteiger partial charge >= 0.3 is 0 Å². The van der Waals surface area contributed by atoms with Crippen molar-refractivity contribution in [1.29, 1.82) is 0 Å². The molecule has 0 fully saturated rings. The maximum atomic E-state index is 8.61. The number of benzene rings is 4. The predicted molar refractivity (Wildman–Crippen MR) is 201 cm³/mol. The summed E-state index contributed by atoms with van der Waals surface area (Å²) in [6.45, 7) is 10.5. The molecule has 245 valence electrons. The van der Waals surface area contributed by atoms with Crippen molar-refractivity contribution in [3.05, 3.63) is 139 Å². The summed E-state index contributed by atoms with van der Waals surface area (Å²) in [6.07, 6.45) is 2.11. The minimum absolute atomic E-state index is 0. The summed E-state index contributed by atoms with van der Waals surface area (Å²) in [6, 6.07) is 39.2. The van der Waals surface area contributed by atoms with Gasteiger partial charge in [-0.25, -0.2) is 0 Å². The van der Waals surface area contributed by atoms with Crippen LogP contribution in [0.15, 0.2) is 120 Å². The molecule has 3 nitrogen and oxygen atoms in total. The van der Waals surface area contributed by atoms with E-state index in [0.717, 1.165) is 49.9 Å². The van der Waals surface area contributed by atoms with Crippen molar-refractivity contribution >= 4 is 35.2 Å². The van der Waals surface area contributed by atoms with Crippen LogP contribution in [0, 0.1) is 24.4 Å². The van der Waals surface area contributed by atoms with Crippen molar-refractivity contribution in [1.82, 2.24) is 9.97 Å². The second-order valence-electron chi connectivity index (χ2n) is 13.8. The van der Waals surface area contributed by atoms with Crippen molar-refractivity contribution in [3.8, 4) is 33.6 Å². The Labute approximate surface area is 306 Å². The quantitative estimate of drug-likeness (QED) is 0.128. The van der Waals surface area contributed by atoms with Crippen LogP contribution in [0.25, 0.3) is 55.6 Å². The van der Waals surface area contributed by atoms with E-state index in [1.165, 1.54) is 11.3 Å². The zero-order valence-electron chi connectivity index (χ0n) is 33.1. The van der Waals surface area contributed by atoms with Crippen LogP contribution in [0.3, 0.4) is 0 Å². The van der Waals surface area contributed by atoms with Gasteiger partial charge in [0.05, 0.1) is 13.7 Å². The minimum atomic E-state index is -2.08. The van der Waals surface area contributed by atoms with Gasteiger partial charge in [-0.15, -0.1) is 59.2 Å². The molecule has 0 saturated carbocycles. The third kappa shape index (κ3) is 8.28. The molecular weight excluding hydrogens is 781 g/mol. The van der Waals surface area contributed by atoms with Gasteiger partial charge in [-0.05, 0) is 40.0 Å². The van der Waals surface area contributed by atoms with E-state index in [1.54, 1.807) is 24.4 Å². The monoisotopic (exact) mass is 828 g/mol. The maximum absolute atomic E-state index is 8.61. The van der Waals surface area contributed by atoms with E-state index in [-0.39, 0.29) is 20.1 Å². The normalized spacial score (nSPS) is 13.7. The first-order valence-electron chi connectivity index (χ1n) is 18.3. The molecule has 0 amide bonds. The molecule has 0 saturated heterocycles. The summed E-state index contributed by atoms with van der Waals surface area (Å²) >= 11 is 0. The van der Waals surface area contributed by atoms with Crippen LogP contribution in [0.5, 0.6) is 0 Å². The standard InChI is InChI=1S/C28H24NO.C15H18NSi.Ir/c1-28(2,3)18-19-14-15-29-25(16-19)21-12-13-26-24(17-21)23-11-7-10-22(27(23)30-26)20-8-5-4-6-9-20;1-12-5-7-13(8-6-12)15-10-9-14(11-16-15)17(2,3)4;/h4-11,13-17H,18H2,1-3H3;5-7,9-11H,1-4H3;/q2*-1;/i18D2;1D3;. The Kier molecular flexibility index (Phi) is 8.73. The van der Waals surface area contributed by atoms with E-state index in [4.69, 9.17) is 11.3 Å². The Hall–Kier alpha value is -4.15. The smallest absolute Gasteiger partial charge is 0.128 e. The molecule has 0 bridgehead atoms. The number of furan rings is 1. The fourth-order valence-electron chi connectivity index (χ4n) is 5.40. The van der Waals surface area contributed by atoms with Crippen LogP contribution in [0.1, 0.15) is 38.8 Å².